The number of nitrogens with two attached hydrogens (primary N) is 2. The van der Waals surface area contributed by atoms with E-state index in [1.807, 2.05) is 23.1 Å². The highest BCUT2D eigenvalue weighted by atomic mass is 16.2. The number of aryl methyl sites for hydroxylation is 1. The molecule has 0 bridgehead atoms. The molecule has 2 atom stereocenters. The molecule has 19 heavy (non-hydrogen) atoms. The van der Waals surface area contributed by atoms with Gasteiger partial charge in [0.15, 0.2) is 0 Å². The second kappa shape index (κ2) is 4.85. The first-order valence-electron chi connectivity index (χ1n) is 7.13. The van der Waals surface area contributed by atoms with Crippen LogP contribution in [0.5, 0.6) is 0 Å². The number of carbonyl (C=O) groups is 1. The summed E-state index contributed by atoms with van der Waals surface area (Å²) in [6.45, 7) is 0. The second-order valence-electron chi connectivity index (χ2n) is 5.67. The molecule has 1 aromatic carbocycles. The second-order valence-corrected chi connectivity index (χ2v) is 5.67. The van der Waals surface area contributed by atoms with E-state index in [1.165, 1.54) is 12.0 Å². The number of carbonyl (C=O) groups excluding carboxylic acids is 1. The van der Waals surface area contributed by atoms with Crippen LogP contribution in [0.1, 0.15) is 37.7 Å². The van der Waals surface area contributed by atoms with Gasteiger partial charge >= 0.3 is 0 Å². The Morgan fingerprint density at radius 2 is 1.95 bits per heavy atom. The van der Waals surface area contributed by atoms with Crippen LogP contribution in [0.2, 0.25) is 0 Å². The zero-order valence-electron chi connectivity index (χ0n) is 11.1. The minimum Gasteiger partial charge on any atom is -0.399 e. The zero-order valence-corrected chi connectivity index (χ0v) is 11.1. The number of anilines is 2. The summed E-state index contributed by atoms with van der Waals surface area (Å²) in [5, 5.41) is 0. The van der Waals surface area contributed by atoms with Gasteiger partial charge in [-0.05, 0) is 43.0 Å². The number of benzene rings is 1. The third-order valence-electron chi connectivity index (χ3n) is 4.35. The number of nitrogen functional groups attached to an aromatic ring is 1. The third kappa shape index (κ3) is 2.21. The molecule has 2 aliphatic rings. The molecule has 4 heteroatoms. The molecule has 1 fully saturated rings. The largest absolute Gasteiger partial charge is 0.399 e. The molecule has 2 unspecified atom stereocenters. The van der Waals surface area contributed by atoms with Crippen molar-refractivity contribution in [3.05, 3.63) is 23.8 Å². The molecule has 0 aromatic heterocycles. The van der Waals surface area contributed by atoms with Crippen molar-refractivity contribution < 1.29 is 4.79 Å². The fourth-order valence-corrected chi connectivity index (χ4v) is 3.36. The molecule has 3 rings (SSSR count). The molecule has 0 spiro atoms. The van der Waals surface area contributed by atoms with Crippen LogP contribution in [0.15, 0.2) is 18.2 Å². The van der Waals surface area contributed by atoms with Crippen molar-refractivity contribution in [2.45, 2.75) is 50.6 Å². The molecule has 102 valence electrons. The molecular weight excluding hydrogens is 238 g/mol. The summed E-state index contributed by atoms with van der Waals surface area (Å²) in [7, 11) is 0. The van der Waals surface area contributed by atoms with E-state index in [9.17, 15) is 4.79 Å². The normalized spacial score (nSPS) is 27.2. The SMILES string of the molecule is Nc1ccc2c(c1)CCC(=O)N2C1CCCCC1N. The lowest BCUT2D eigenvalue weighted by Gasteiger charge is -2.41. The predicted octanol–water partition coefficient (Wildman–Crippen LogP) is 1.82. The fourth-order valence-electron chi connectivity index (χ4n) is 3.36. The van der Waals surface area contributed by atoms with E-state index in [1.54, 1.807) is 0 Å². The van der Waals surface area contributed by atoms with Gasteiger partial charge in [0.2, 0.25) is 5.91 Å². The molecule has 1 saturated carbocycles. The Kier molecular flexibility index (Phi) is 3.19. The van der Waals surface area contributed by atoms with E-state index in [2.05, 4.69) is 0 Å². The van der Waals surface area contributed by atoms with Crippen LogP contribution >= 0.6 is 0 Å². The number of hydrogen-bond acceptors (Lipinski definition) is 3. The molecule has 0 radical (unpaired) electrons. The van der Waals surface area contributed by atoms with Gasteiger partial charge in [-0.3, -0.25) is 4.79 Å². The summed E-state index contributed by atoms with van der Waals surface area (Å²) in [4.78, 5) is 14.3. The zero-order chi connectivity index (χ0) is 13.4. The van der Waals surface area contributed by atoms with Crippen molar-refractivity contribution in [1.29, 1.82) is 0 Å². The van der Waals surface area contributed by atoms with Crippen LogP contribution in [-0.2, 0) is 11.2 Å². The van der Waals surface area contributed by atoms with E-state index < -0.39 is 0 Å². The summed E-state index contributed by atoms with van der Waals surface area (Å²) in [5.41, 5.74) is 15.0. The maximum absolute atomic E-state index is 12.3. The Balaban J connectivity index is 1.98. The van der Waals surface area contributed by atoms with Crippen LogP contribution in [-0.4, -0.2) is 18.0 Å². The first-order chi connectivity index (χ1) is 9.16. The monoisotopic (exact) mass is 259 g/mol. The molecule has 0 saturated heterocycles. The summed E-state index contributed by atoms with van der Waals surface area (Å²) in [6.07, 6.45) is 5.72. The molecule has 4 nitrogen and oxygen atoms in total. The van der Waals surface area contributed by atoms with Crippen LogP contribution in [0, 0.1) is 0 Å². The van der Waals surface area contributed by atoms with E-state index >= 15 is 0 Å². The highest BCUT2D eigenvalue weighted by Gasteiger charge is 2.34. The Bertz CT molecular complexity index is 500. The summed E-state index contributed by atoms with van der Waals surface area (Å²) >= 11 is 0. The molecule has 1 aliphatic heterocycles. The lowest BCUT2D eigenvalue weighted by Crippen LogP contribution is -2.53. The first-order valence-corrected chi connectivity index (χ1v) is 7.13. The van der Waals surface area contributed by atoms with Crippen molar-refractivity contribution in [2.75, 3.05) is 10.6 Å². The number of fused-ring (bicyclic) bond motifs is 1. The van der Waals surface area contributed by atoms with Gasteiger partial charge in [0.05, 0.1) is 6.04 Å². The van der Waals surface area contributed by atoms with Crippen molar-refractivity contribution in [3.63, 3.8) is 0 Å². The summed E-state index contributed by atoms with van der Waals surface area (Å²) < 4.78 is 0. The average Bonchev–Trinajstić information content (AvgIpc) is 2.40. The van der Waals surface area contributed by atoms with Gasteiger partial charge in [0.1, 0.15) is 0 Å². The Hall–Kier alpha value is -1.55. The Labute approximate surface area is 113 Å². The topological polar surface area (TPSA) is 72.4 Å². The Morgan fingerprint density at radius 1 is 1.16 bits per heavy atom. The number of hydrogen-bond donors (Lipinski definition) is 2. The van der Waals surface area contributed by atoms with Crippen LogP contribution < -0.4 is 16.4 Å². The van der Waals surface area contributed by atoms with E-state index in [4.69, 9.17) is 11.5 Å². The van der Waals surface area contributed by atoms with Crippen molar-refractivity contribution in [3.8, 4) is 0 Å². The highest BCUT2D eigenvalue weighted by Crippen LogP contribution is 2.34. The standard InChI is InChI=1S/C15H21N3O/c16-11-6-7-13-10(9-11)5-8-15(19)18(13)14-4-2-1-3-12(14)17/h6-7,9,12,14H,1-5,8,16-17H2. The maximum atomic E-state index is 12.3. The van der Waals surface area contributed by atoms with Crippen LogP contribution in [0.4, 0.5) is 11.4 Å². The van der Waals surface area contributed by atoms with Gasteiger partial charge in [-0.1, -0.05) is 12.8 Å². The third-order valence-corrected chi connectivity index (χ3v) is 4.35. The number of nitrogens with zero attached hydrogens (tertiary/aromatic N) is 1. The van der Waals surface area contributed by atoms with Gasteiger partial charge in [0.25, 0.3) is 0 Å². The van der Waals surface area contributed by atoms with E-state index in [0.29, 0.717) is 6.42 Å². The Morgan fingerprint density at radius 3 is 2.74 bits per heavy atom. The molecular formula is C15H21N3O. The highest BCUT2D eigenvalue weighted by molar-refractivity contribution is 5.97. The first kappa shape index (κ1) is 12.5. The number of rotatable bonds is 1. The van der Waals surface area contributed by atoms with E-state index in [0.717, 1.165) is 37.1 Å². The van der Waals surface area contributed by atoms with Gasteiger partial charge in [-0.15, -0.1) is 0 Å². The lowest BCUT2D eigenvalue weighted by atomic mass is 9.87. The van der Waals surface area contributed by atoms with Gasteiger partial charge in [0, 0.05) is 23.8 Å². The van der Waals surface area contributed by atoms with Crippen molar-refractivity contribution >= 4 is 17.3 Å². The molecule has 1 aromatic rings. The molecule has 4 N–H and O–H groups in total. The van der Waals surface area contributed by atoms with Crippen molar-refractivity contribution in [2.24, 2.45) is 5.73 Å². The average molecular weight is 259 g/mol. The molecule has 1 heterocycles. The van der Waals surface area contributed by atoms with Crippen molar-refractivity contribution in [1.82, 2.24) is 0 Å². The summed E-state index contributed by atoms with van der Waals surface area (Å²) in [5.74, 6) is 0.208. The minimum absolute atomic E-state index is 0.0983. The maximum Gasteiger partial charge on any atom is 0.227 e. The molecule has 1 amide bonds. The molecule has 1 aliphatic carbocycles. The minimum atomic E-state index is 0.0983. The van der Waals surface area contributed by atoms with Gasteiger partial charge in [-0.25, -0.2) is 0 Å². The van der Waals surface area contributed by atoms with Crippen LogP contribution in [0.25, 0.3) is 0 Å². The van der Waals surface area contributed by atoms with Gasteiger partial charge < -0.3 is 16.4 Å². The quantitative estimate of drug-likeness (QED) is 0.756. The van der Waals surface area contributed by atoms with E-state index in [-0.39, 0.29) is 18.0 Å². The lowest BCUT2D eigenvalue weighted by molar-refractivity contribution is -0.119. The van der Waals surface area contributed by atoms with Gasteiger partial charge in [-0.2, -0.15) is 0 Å². The van der Waals surface area contributed by atoms with Crippen LogP contribution in [0.3, 0.4) is 0 Å². The number of amides is 1. The fraction of sp³-hybridized carbons (Fsp3) is 0.533. The smallest absolute Gasteiger partial charge is 0.227 e. The predicted molar refractivity (Wildman–Crippen MR) is 76.9 cm³/mol. The summed E-state index contributed by atoms with van der Waals surface area (Å²) in [6, 6.07) is 6.09.